The molecule has 1 aromatic carbocycles. The predicted molar refractivity (Wildman–Crippen MR) is 104 cm³/mol. The lowest BCUT2D eigenvalue weighted by Gasteiger charge is -2.12. The summed E-state index contributed by atoms with van der Waals surface area (Å²) in [5, 5.41) is 6.34. The van der Waals surface area contributed by atoms with Crippen molar-refractivity contribution in [2.75, 3.05) is 12.4 Å². The van der Waals surface area contributed by atoms with Crippen LogP contribution in [0.5, 0.6) is 5.75 Å². The third-order valence-electron chi connectivity index (χ3n) is 4.11. The Bertz CT molecular complexity index is 953. The molecule has 3 aromatic rings. The van der Waals surface area contributed by atoms with Gasteiger partial charge in [-0.1, -0.05) is 28.9 Å². The zero-order valence-electron chi connectivity index (χ0n) is 14.3. The van der Waals surface area contributed by atoms with Crippen LogP contribution < -0.4 is 10.3 Å². The van der Waals surface area contributed by atoms with Gasteiger partial charge in [0.25, 0.3) is 5.56 Å². The number of ether oxygens (including phenoxy) is 1. The summed E-state index contributed by atoms with van der Waals surface area (Å²) in [5.74, 6) is 0.738. The molecule has 130 valence electrons. The van der Waals surface area contributed by atoms with E-state index < -0.39 is 0 Å². The Balaban J connectivity index is 2.17. The van der Waals surface area contributed by atoms with Crippen molar-refractivity contribution in [1.29, 1.82) is 0 Å². The summed E-state index contributed by atoms with van der Waals surface area (Å²) in [6.45, 7) is 2.66. The average Bonchev–Trinajstić information content (AvgIpc) is 2.66. The molecule has 0 bridgehead atoms. The summed E-state index contributed by atoms with van der Waals surface area (Å²) in [7, 11) is 1.65. The molecule has 2 heterocycles. The van der Waals surface area contributed by atoms with Crippen molar-refractivity contribution in [3.8, 4) is 17.0 Å². The lowest BCUT2D eigenvalue weighted by Crippen LogP contribution is -2.22. The molecule has 0 aliphatic carbocycles. The van der Waals surface area contributed by atoms with Crippen LogP contribution in [0.3, 0.4) is 0 Å². The van der Waals surface area contributed by atoms with E-state index in [1.807, 2.05) is 18.2 Å². The molecule has 5 nitrogen and oxygen atoms in total. The fraction of sp³-hybridized carbons (Fsp3) is 0.316. The van der Waals surface area contributed by atoms with Crippen LogP contribution in [0.15, 0.2) is 41.2 Å². The number of rotatable bonds is 6. The Kier molecular flexibility index (Phi) is 5.48. The summed E-state index contributed by atoms with van der Waals surface area (Å²) in [4.78, 5) is 16.7. The van der Waals surface area contributed by atoms with Gasteiger partial charge < -0.3 is 4.74 Å². The Morgan fingerprint density at radius 1 is 1.16 bits per heavy atom. The van der Waals surface area contributed by atoms with Gasteiger partial charge in [-0.25, -0.2) is 9.67 Å². The fourth-order valence-electron chi connectivity index (χ4n) is 2.78. The van der Waals surface area contributed by atoms with Gasteiger partial charge in [-0.15, -0.1) is 0 Å². The SMILES string of the molecule is CCc1ccc2c(-c3ccc(=O)n(CCCBr)n3)ccc(OC)c2n1. The molecule has 0 saturated heterocycles. The summed E-state index contributed by atoms with van der Waals surface area (Å²) >= 11 is 3.39. The monoisotopic (exact) mass is 401 g/mol. The van der Waals surface area contributed by atoms with Crippen LogP contribution in [0, 0.1) is 0 Å². The third-order valence-corrected chi connectivity index (χ3v) is 4.67. The fourth-order valence-corrected chi connectivity index (χ4v) is 3.03. The molecule has 0 atom stereocenters. The normalized spacial score (nSPS) is 11.0. The van der Waals surface area contributed by atoms with Gasteiger partial charge in [0.05, 0.1) is 12.8 Å². The zero-order valence-corrected chi connectivity index (χ0v) is 15.9. The van der Waals surface area contributed by atoms with Crippen molar-refractivity contribution in [3.63, 3.8) is 0 Å². The van der Waals surface area contributed by atoms with Gasteiger partial charge in [-0.05, 0) is 37.1 Å². The Hall–Kier alpha value is -2.21. The predicted octanol–water partition coefficient (Wildman–Crippen LogP) is 3.81. The number of fused-ring (bicyclic) bond motifs is 1. The van der Waals surface area contributed by atoms with Crippen molar-refractivity contribution in [3.05, 3.63) is 52.4 Å². The third kappa shape index (κ3) is 3.58. The molecule has 0 fully saturated rings. The molecule has 3 rings (SSSR count). The van der Waals surface area contributed by atoms with E-state index >= 15 is 0 Å². The molecule has 0 radical (unpaired) electrons. The quantitative estimate of drug-likeness (QED) is 0.589. The molecular formula is C19H20BrN3O2. The lowest BCUT2D eigenvalue weighted by molar-refractivity contribution is 0.419. The highest BCUT2D eigenvalue weighted by molar-refractivity contribution is 9.09. The second-order valence-corrected chi connectivity index (χ2v) is 6.48. The van der Waals surface area contributed by atoms with Crippen LogP contribution in [0.4, 0.5) is 0 Å². The first-order chi connectivity index (χ1) is 12.2. The second-order valence-electron chi connectivity index (χ2n) is 5.69. The highest BCUT2D eigenvalue weighted by atomic mass is 79.9. The van der Waals surface area contributed by atoms with E-state index in [1.165, 1.54) is 4.68 Å². The van der Waals surface area contributed by atoms with Crippen LogP contribution in [0.25, 0.3) is 22.2 Å². The number of nitrogens with zero attached hydrogens (tertiary/aromatic N) is 3. The van der Waals surface area contributed by atoms with Crippen molar-refractivity contribution in [2.24, 2.45) is 0 Å². The van der Waals surface area contributed by atoms with Gasteiger partial charge >= 0.3 is 0 Å². The molecule has 2 aromatic heterocycles. The molecule has 0 unspecified atom stereocenters. The van der Waals surface area contributed by atoms with E-state index in [1.54, 1.807) is 19.2 Å². The minimum Gasteiger partial charge on any atom is -0.494 e. The average molecular weight is 402 g/mol. The largest absolute Gasteiger partial charge is 0.494 e. The van der Waals surface area contributed by atoms with Crippen LogP contribution >= 0.6 is 15.9 Å². The number of pyridine rings is 1. The molecule has 0 saturated carbocycles. The Morgan fingerprint density at radius 2 is 2.00 bits per heavy atom. The Morgan fingerprint density at radius 3 is 2.72 bits per heavy atom. The number of aromatic nitrogens is 3. The maximum absolute atomic E-state index is 12.0. The van der Waals surface area contributed by atoms with E-state index in [2.05, 4.69) is 34.0 Å². The maximum Gasteiger partial charge on any atom is 0.266 e. The molecule has 6 heteroatoms. The van der Waals surface area contributed by atoms with Crippen molar-refractivity contribution in [2.45, 2.75) is 26.3 Å². The number of aryl methyl sites for hydroxylation is 2. The smallest absolute Gasteiger partial charge is 0.266 e. The molecule has 0 N–H and O–H groups in total. The number of benzene rings is 1. The topological polar surface area (TPSA) is 57.0 Å². The molecule has 0 amide bonds. The maximum atomic E-state index is 12.0. The number of halogens is 1. The first kappa shape index (κ1) is 17.6. The molecule has 0 aliphatic heterocycles. The summed E-state index contributed by atoms with van der Waals surface area (Å²) in [5.41, 5.74) is 3.44. The van der Waals surface area contributed by atoms with Gasteiger partial charge in [0, 0.05) is 34.6 Å². The van der Waals surface area contributed by atoms with Gasteiger partial charge in [-0.2, -0.15) is 5.10 Å². The van der Waals surface area contributed by atoms with Gasteiger partial charge in [0.15, 0.2) is 0 Å². The van der Waals surface area contributed by atoms with E-state index in [-0.39, 0.29) is 5.56 Å². The molecule has 0 aliphatic rings. The summed E-state index contributed by atoms with van der Waals surface area (Å²) < 4.78 is 6.98. The first-order valence-corrected chi connectivity index (χ1v) is 9.41. The zero-order chi connectivity index (χ0) is 17.8. The van der Waals surface area contributed by atoms with Crippen LogP contribution in [-0.4, -0.2) is 27.2 Å². The summed E-state index contributed by atoms with van der Waals surface area (Å²) in [6.07, 6.45) is 1.71. The number of methoxy groups -OCH3 is 1. The minimum atomic E-state index is -0.0890. The van der Waals surface area contributed by atoms with E-state index in [0.717, 1.165) is 51.8 Å². The number of hydrogen-bond acceptors (Lipinski definition) is 4. The van der Waals surface area contributed by atoms with E-state index in [9.17, 15) is 4.79 Å². The number of hydrogen-bond donors (Lipinski definition) is 0. The molecule has 25 heavy (non-hydrogen) atoms. The van der Waals surface area contributed by atoms with Crippen molar-refractivity contribution < 1.29 is 4.74 Å². The van der Waals surface area contributed by atoms with Crippen LogP contribution in [0.1, 0.15) is 19.0 Å². The van der Waals surface area contributed by atoms with Gasteiger partial charge in [0.1, 0.15) is 11.3 Å². The highest BCUT2D eigenvalue weighted by Gasteiger charge is 2.12. The first-order valence-electron chi connectivity index (χ1n) is 8.29. The van der Waals surface area contributed by atoms with E-state index in [4.69, 9.17) is 9.72 Å². The van der Waals surface area contributed by atoms with Crippen molar-refractivity contribution >= 4 is 26.8 Å². The van der Waals surface area contributed by atoms with E-state index in [0.29, 0.717) is 6.54 Å². The molecular weight excluding hydrogens is 382 g/mol. The standard InChI is InChI=1S/C19H20BrN3O2/c1-3-13-5-6-15-14(7-9-17(25-2)19(15)21-13)16-8-10-18(24)23(22-16)12-4-11-20/h5-10H,3-4,11-12H2,1-2H3. The number of alkyl halides is 1. The molecule has 0 spiro atoms. The van der Waals surface area contributed by atoms with Crippen LogP contribution in [-0.2, 0) is 13.0 Å². The van der Waals surface area contributed by atoms with Gasteiger partial charge in [0.2, 0.25) is 0 Å². The Labute approximate surface area is 154 Å². The second kappa shape index (κ2) is 7.78. The minimum absolute atomic E-state index is 0.0890. The van der Waals surface area contributed by atoms with Crippen molar-refractivity contribution in [1.82, 2.24) is 14.8 Å². The van der Waals surface area contributed by atoms with Crippen LogP contribution in [0.2, 0.25) is 0 Å². The van der Waals surface area contributed by atoms with Gasteiger partial charge in [-0.3, -0.25) is 4.79 Å². The lowest BCUT2D eigenvalue weighted by atomic mass is 10.0. The highest BCUT2D eigenvalue weighted by Crippen LogP contribution is 2.32. The summed E-state index contributed by atoms with van der Waals surface area (Å²) in [6, 6.07) is 11.3.